The van der Waals surface area contributed by atoms with Crippen LogP contribution in [-0.4, -0.2) is 33.8 Å². The standard InChI is InChI=1S/C15H18N4O3S2/c1-10-4-6-18(7-5-10)8-11-9-23-15(16-11)17-14(20)12-2-3-13(24-12)19(21)22/h2-3,9-10H,4-8H2,1H3,(H,16,17,20). The van der Waals surface area contributed by atoms with Gasteiger partial charge in [-0.05, 0) is 37.9 Å². The number of anilines is 1. The fraction of sp³-hybridized carbons (Fsp3) is 0.467. The van der Waals surface area contributed by atoms with E-state index in [1.165, 1.54) is 36.3 Å². The molecule has 1 N–H and O–H groups in total. The first-order chi connectivity index (χ1) is 11.5. The molecule has 0 radical (unpaired) electrons. The number of carbonyl (C=O) groups excluding carboxylic acids is 1. The first kappa shape index (κ1) is 17.0. The first-order valence-electron chi connectivity index (χ1n) is 7.73. The molecule has 1 saturated heterocycles. The van der Waals surface area contributed by atoms with Gasteiger partial charge in [0.05, 0.1) is 15.5 Å². The van der Waals surface area contributed by atoms with Crippen LogP contribution in [0.3, 0.4) is 0 Å². The van der Waals surface area contributed by atoms with Gasteiger partial charge in [0.15, 0.2) is 5.13 Å². The number of nitrogens with one attached hydrogen (secondary N) is 1. The summed E-state index contributed by atoms with van der Waals surface area (Å²) in [5, 5.41) is 15.8. The highest BCUT2D eigenvalue weighted by molar-refractivity contribution is 7.17. The molecule has 0 spiro atoms. The highest BCUT2D eigenvalue weighted by atomic mass is 32.1. The van der Waals surface area contributed by atoms with Gasteiger partial charge in [-0.25, -0.2) is 4.98 Å². The van der Waals surface area contributed by atoms with E-state index in [1.54, 1.807) is 0 Å². The van der Waals surface area contributed by atoms with E-state index in [1.807, 2.05) is 5.38 Å². The lowest BCUT2D eigenvalue weighted by Crippen LogP contribution is -2.32. The van der Waals surface area contributed by atoms with E-state index in [4.69, 9.17) is 0 Å². The van der Waals surface area contributed by atoms with Gasteiger partial charge in [-0.3, -0.25) is 25.1 Å². The smallest absolute Gasteiger partial charge is 0.297 e. The number of amides is 1. The Labute approximate surface area is 147 Å². The molecule has 24 heavy (non-hydrogen) atoms. The van der Waals surface area contributed by atoms with Crippen LogP contribution in [0.15, 0.2) is 17.5 Å². The number of nitro groups is 1. The summed E-state index contributed by atoms with van der Waals surface area (Å²) in [5.74, 6) is 0.433. The minimum Gasteiger partial charge on any atom is -0.297 e. The monoisotopic (exact) mass is 366 g/mol. The molecule has 2 aromatic heterocycles. The number of carbonyl (C=O) groups is 1. The van der Waals surface area contributed by atoms with Crippen LogP contribution >= 0.6 is 22.7 Å². The Morgan fingerprint density at radius 3 is 2.88 bits per heavy atom. The lowest BCUT2D eigenvalue weighted by atomic mass is 9.99. The number of aromatic nitrogens is 1. The van der Waals surface area contributed by atoms with E-state index < -0.39 is 4.92 Å². The van der Waals surface area contributed by atoms with E-state index in [0.717, 1.165) is 42.6 Å². The zero-order chi connectivity index (χ0) is 17.1. The maximum absolute atomic E-state index is 12.1. The van der Waals surface area contributed by atoms with Crippen LogP contribution in [0, 0.1) is 16.0 Å². The Morgan fingerprint density at radius 2 is 2.21 bits per heavy atom. The molecule has 9 heteroatoms. The summed E-state index contributed by atoms with van der Waals surface area (Å²) in [5.41, 5.74) is 0.946. The number of hydrogen-bond acceptors (Lipinski definition) is 7. The normalized spacial score (nSPS) is 16.2. The topological polar surface area (TPSA) is 88.4 Å². The van der Waals surface area contributed by atoms with Crippen LogP contribution < -0.4 is 5.32 Å². The number of rotatable bonds is 5. The average Bonchev–Trinajstić information content (AvgIpc) is 3.19. The highest BCUT2D eigenvalue weighted by Crippen LogP contribution is 2.26. The lowest BCUT2D eigenvalue weighted by Gasteiger charge is -2.29. The van der Waals surface area contributed by atoms with Crippen molar-refractivity contribution >= 4 is 38.7 Å². The van der Waals surface area contributed by atoms with Crippen molar-refractivity contribution in [3.63, 3.8) is 0 Å². The third-order valence-electron chi connectivity index (χ3n) is 4.03. The Bertz CT molecular complexity index is 735. The van der Waals surface area contributed by atoms with Crippen LogP contribution in [0.5, 0.6) is 0 Å². The number of thiophene rings is 1. The molecule has 0 unspecified atom stereocenters. The molecule has 3 heterocycles. The van der Waals surface area contributed by atoms with Crippen molar-refractivity contribution < 1.29 is 9.72 Å². The maximum Gasteiger partial charge on any atom is 0.324 e. The largest absolute Gasteiger partial charge is 0.324 e. The second-order valence-electron chi connectivity index (χ2n) is 5.95. The highest BCUT2D eigenvalue weighted by Gasteiger charge is 2.18. The predicted molar refractivity (Wildman–Crippen MR) is 94.7 cm³/mol. The van der Waals surface area contributed by atoms with Gasteiger partial charge in [0.2, 0.25) is 0 Å². The van der Waals surface area contributed by atoms with Gasteiger partial charge in [-0.2, -0.15) is 0 Å². The third-order valence-corrected chi connectivity index (χ3v) is 5.87. The number of thiazole rings is 1. The number of likely N-dealkylation sites (tertiary alicyclic amines) is 1. The van der Waals surface area contributed by atoms with Gasteiger partial charge in [-0.15, -0.1) is 11.3 Å². The Kier molecular flexibility index (Phi) is 5.22. The molecule has 0 saturated carbocycles. The molecule has 0 aromatic carbocycles. The van der Waals surface area contributed by atoms with Crippen molar-refractivity contribution in [2.24, 2.45) is 5.92 Å². The van der Waals surface area contributed by atoms with Gasteiger partial charge in [-0.1, -0.05) is 18.3 Å². The summed E-state index contributed by atoms with van der Waals surface area (Å²) in [7, 11) is 0. The molecule has 0 atom stereocenters. The summed E-state index contributed by atoms with van der Waals surface area (Å²) >= 11 is 2.24. The molecule has 1 fully saturated rings. The molecule has 1 aliphatic rings. The summed E-state index contributed by atoms with van der Waals surface area (Å²) in [4.78, 5) is 29.4. The van der Waals surface area contributed by atoms with Crippen LogP contribution in [0.2, 0.25) is 0 Å². The van der Waals surface area contributed by atoms with Crippen molar-refractivity contribution in [1.29, 1.82) is 0 Å². The molecule has 2 aromatic rings. The molecular weight excluding hydrogens is 348 g/mol. The molecule has 128 valence electrons. The second-order valence-corrected chi connectivity index (χ2v) is 7.87. The summed E-state index contributed by atoms with van der Waals surface area (Å²) in [6.45, 7) is 5.24. The zero-order valence-electron chi connectivity index (χ0n) is 13.2. The van der Waals surface area contributed by atoms with E-state index in [0.29, 0.717) is 10.0 Å². The molecule has 0 bridgehead atoms. The van der Waals surface area contributed by atoms with Gasteiger partial charge < -0.3 is 0 Å². The van der Waals surface area contributed by atoms with E-state index in [2.05, 4.69) is 22.1 Å². The molecule has 1 aliphatic heterocycles. The van der Waals surface area contributed by atoms with Crippen molar-refractivity contribution in [1.82, 2.24) is 9.88 Å². The van der Waals surface area contributed by atoms with Crippen molar-refractivity contribution in [3.8, 4) is 0 Å². The van der Waals surface area contributed by atoms with E-state index in [9.17, 15) is 14.9 Å². The van der Waals surface area contributed by atoms with Crippen molar-refractivity contribution in [2.45, 2.75) is 26.3 Å². The number of piperidine rings is 1. The predicted octanol–water partition coefficient (Wildman–Crippen LogP) is 3.60. The Balaban J connectivity index is 1.57. The SMILES string of the molecule is CC1CCN(Cc2csc(NC(=O)c3ccc([N+](=O)[O-])s3)n2)CC1. The number of hydrogen-bond donors (Lipinski definition) is 1. The fourth-order valence-electron chi connectivity index (χ4n) is 2.59. The van der Waals surface area contributed by atoms with E-state index >= 15 is 0 Å². The van der Waals surface area contributed by atoms with Crippen molar-refractivity contribution in [2.75, 3.05) is 18.4 Å². The quantitative estimate of drug-likeness (QED) is 0.645. The third kappa shape index (κ3) is 4.16. The van der Waals surface area contributed by atoms with Crippen molar-refractivity contribution in [3.05, 3.63) is 38.2 Å². The molecule has 7 nitrogen and oxygen atoms in total. The minimum atomic E-state index is -0.498. The summed E-state index contributed by atoms with van der Waals surface area (Å²) in [6, 6.07) is 2.80. The van der Waals surface area contributed by atoms with E-state index in [-0.39, 0.29) is 10.9 Å². The second kappa shape index (κ2) is 7.37. The van der Waals surface area contributed by atoms with Gasteiger partial charge in [0.1, 0.15) is 0 Å². The Morgan fingerprint density at radius 1 is 1.46 bits per heavy atom. The maximum atomic E-state index is 12.1. The lowest BCUT2D eigenvalue weighted by molar-refractivity contribution is -0.380. The average molecular weight is 366 g/mol. The number of nitrogens with zero attached hydrogens (tertiary/aromatic N) is 3. The van der Waals surface area contributed by atoms with Crippen LogP contribution in [0.1, 0.15) is 35.1 Å². The Hall–Kier alpha value is -1.84. The molecule has 1 amide bonds. The van der Waals surface area contributed by atoms with Crippen LogP contribution in [-0.2, 0) is 6.54 Å². The molecular formula is C15H18N4O3S2. The first-order valence-corrected chi connectivity index (χ1v) is 9.43. The molecule has 0 aliphatic carbocycles. The molecule has 3 rings (SSSR count). The van der Waals surface area contributed by atoms with Gasteiger partial charge in [0.25, 0.3) is 5.91 Å². The fourth-order valence-corrected chi connectivity index (χ4v) is 4.01. The minimum absolute atomic E-state index is 0.0423. The van der Waals surface area contributed by atoms with Crippen LogP contribution in [0.25, 0.3) is 0 Å². The van der Waals surface area contributed by atoms with Crippen LogP contribution in [0.4, 0.5) is 10.1 Å². The summed E-state index contributed by atoms with van der Waals surface area (Å²) in [6.07, 6.45) is 2.43. The summed E-state index contributed by atoms with van der Waals surface area (Å²) < 4.78 is 0. The van der Waals surface area contributed by atoms with Gasteiger partial charge >= 0.3 is 5.00 Å². The van der Waals surface area contributed by atoms with Gasteiger partial charge in [0, 0.05) is 18.0 Å². The zero-order valence-corrected chi connectivity index (χ0v) is 14.9.